The number of hydrogen-bond acceptors (Lipinski definition) is 4. The maximum Gasteiger partial charge on any atom is 0.234 e. The van der Waals surface area contributed by atoms with Crippen LogP contribution in [0.1, 0.15) is 17.5 Å². The van der Waals surface area contributed by atoms with Gasteiger partial charge in [0.05, 0.1) is 17.8 Å². The van der Waals surface area contributed by atoms with Gasteiger partial charge in [0.2, 0.25) is 5.91 Å². The third kappa shape index (κ3) is 5.46. The van der Waals surface area contributed by atoms with Crippen LogP contribution in [0.15, 0.2) is 48.5 Å². The zero-order chi connectivity index (χ0) is 19.1. The molecule has 1 N–H and O–H groups in total. The molecule has 140 valence electrons. The number of nitrogens with one attached hydrogen (secondary N) is 1. The predicted octanol–water partition coefficient (Wildman–Crippen LogP) is 3.04. The second-order valence-electron chi connectivity index (χ2n) is 6.65. The van der Waals surface area contributed by atoms with Gasteiger partial charge in [-0.15, -0.1) is 0 Å². The minimum absolute atomic E-state index is 0.0239. The zero-order valence-electron chi connectivity index (χ0n) is 15.2. The topological polar surface area (TPSA) is 59.4 Å². The highest BCUT2D eigenvalue weighted by Crippen LogP contribution is 2.21. The minimum atomic E-state index is 0.0239. The first-order valence-electron chi connectivity index (χ1n) is 9.13. The molecule has 0 saturated carbocycles. The molecule has 27 heavy (non-hydrogen) atoms. The summed E-state index contributed by atoms with van der Waals surface area (Å²) < 4.78 is 0. The Morgan fingerprint density at radius 1 is 1.07 bits per heavy atom. The Morgan fingerprint density at radius 3 is 2.63 bits per heavy atom. The van der Waals surface area contributed by atoms with Gasteiger partial charge in [-0.25, -0.2) is 0 Å². The molecule has 1 fully saturated rings. The molecule has 2 aromatic rings. The van der Waals surface area contributed by atoms with E-state index < -0.39 is 0 Å². The number of nitrogens with zero attached hydrogens (tertiary/aromatic N) is 3. The van der Waals surface area contributed by atoms with Crippen molar-refractivity contribution in [3.63, 3.8) is 0 Å². The van der Waals surface area contributed by atoms with E-state index in [9.17, 15) is 10.1 Å². The van der Waals surface area contributed by atoms with Crippen LogP contribution in [-0.4, -0.2) is 43.5 Å². The third-order valence-corrected chi connectivity index (χ3v) is 4.98. The maximum absolute atomic E-state index is 12.3. The summed E-state index contributed by atoms with van der Waals surface area (Å²) in [5, 5.41) is 13.0. The van der Waals surface area contributed by atoms with E-state index in [-0.39, 0.29) is 5.91 Å². The Kier molecular flexibility index (Phi) is 6.69. The number of carbonyl (C=O) groups is 1. The van der Waals surface area contributed by atoms with Crippen molar-refractivity contribution in [2.75, 3.05) is 37.6 Å². The van der Waals surface area contributed by atoms with Gasteiger partial charge in [0, 0.05) is 37.7 Å². The molecule has 0 atom stereocenters. The number of nitriles is 1. The van der Waals surface area contributed by atoms with Crippen molar-refractivity contribution in [1.29, 1.82) is 5.26 Å². The van der Waals surface area contributed by atoms with Gasteiger partial charge < -0.3 is 10.2 Å². The molecule has 0 spiro atoms. The van der Waals surface area contributed by atoms with Crippen molar-refractivity contribution >= 4 is 23.2 Å². The summed E-state index contributed by atoms with van der Waals surface area (Å²) in [6.07, 6.45) is 0.963. The first-order chi connectivity index (χ1) is 13.2. The number of rotatable bonds is 5. The first kappa shape index (κ1) is 19.2. The maximum atomic E-state index is 12.3. The average Bonchev–Trinajstić information content (AvgIpc) is 2.93. The molecule has 1 heterocycles. The van der Waals surface area contributed by atoms with Crippen molar-refractivity contribution in [3.8, 4) is 6.07 Å². The minimum Gasteiger partial charge on any atom is -0.369 e. The summed E-state index contributed by atoms with van der Waals surface area (Å²) in [4.78, 5) is 16.7. The van der Waals surface area contributed by atoms with Gasteiger partial charge in [-0.3, -0.25) is 9.69 Å². The van der Waals surface area contributed by atoms with Crippen LogP contribution in [0, 0.1) is 11.3 Å². The molecule has 1 saturated heterocycles. The summed E-state index contributed by atoms with van der Waals surface area (Å²) in [6.45, 7) is 4.27. The highest BCUT2D eigenvalue weighted by atomic mass is 35.5. The molecule has 3 rings (SSSR count). The van der Waals surface area contributed by atoms with Crippen LogP contribution < -0.4 is 10.2 Å². The molecule has 0 unspecified atom stereocenters. The van der Waals surface area contributed by atoms with Crippen LogP contribution in [-0.2, 0) is 11.3 Å². The van der Waals surface area contributed by atoms with Crippen LogP contribution in [0.3, 0.4) is 0 Å². The largest absolute Gasteiger partial charge is 0.369 e. The van der Waals surface area contributed by atoms with Crippen molar-refractivity contribution in [3.05, 3.63) is 64.7 Å². The van der Waals surface area contributed by atoms with Crippen LogP contribution in [0.2, 0.25) is 5.02 Å². The van der Waals surface area contributed by atoms with E-state index in [0.717, 1.165) is 43.9 Å². The molecular weight excluding hydrogens is 360 g/mol. The SMILES string of the molecule is N#Cc1ccccc1N1CCCN(CC(=O)NCc2ccc(Cl)cc2)CC1. The van der Waals surface area contributed by atoms with Gasteiger partial charge in [0.25, 0.3) is 0 Å². The summed E-state index contributed by atoms with van der Waals surface area (Å²) in [6, 6.07) is 17.4. The number of para-hydroxylation sites is 1. The van der Waals surface area contributed by atoms with Crippen LogP contribution in [0.4, 0.5) is 5.69 Å². The standard InChI is InChI=1S/C21H23ClN4O/c22-19-8-6-17(7-9-19)15-24-21(27)16-25-10-3-11-26(13-12-25)20-5-2-1-4-18(20)14-23/h1-2,4-9H,3,10-13,15-16H2,(H,24,27). The molecule has 1 amide bonds. The van der Waals surface area contributed by atoms with Crippen molar-refractivity contribution in [2.24, 2.45) is 0 Å². The number of halogens is 1. The van der Waals surface area contributed by atoms with E-state index in [1.807, 2.05) is 48.5 Å². The lowest BCUT2D eigenvalue weighted by Crippen LogP contribution is -2.39. The Bertz CT molecular complexity index is 816. The number of amides is 1. The molecule has 0 radical (unpaired) electrons. The molecule has 2 aromatic carbocycles. The highest BCUT2D eigenvalue weighted by molar-refractivity contribution is 6.30. The van der Waals surface area contributed by atoms with Crippen LogP contribution in [0.5, 0.6) is 0 Å². The second-order valence-corrected chi connectivity index (χ2v) is 7.09. The fourth-order valence-corrected chi connectivity index (χ4v) is 3.40. The van der Waals surface area contributed by atoms with Crippen LogP contribution in [0.25, 0.3) is 0 Å². The van der Waals surface area contributed by atoms with Gasteiger partial charge in [-0.2, -0.15) is 5.26 Å². The fourth-order valence-electron chi connectivity index (χ4n) is 3.28. The smallest absolute Gasteiger partial charge is 0.234 e. The Balaban J connectivity index is 1.50. The quantitative estimate of drug-likeness (QED) is 0.863. The summed E-state index contributed by atoms with van der Waals surface area (Å²) in [5.41, 5.74) is 2.71. The summed E-state index contributed by atoms with van der Waals surface area (Å²) in [5.74, 6) is 0.0239. The molecule has 6 heteroatoms. The van der Waals surface area contributed by atoms with Crippen molar-refractivity contribution in [2.45, 2.75) is 13.0 Å². The third-order valence-electron chi connectivity index (χ3n) is 4.72. The Labute approximate surface area is 165 Å². The van der Waals surface area contributed by atoms with Gasteiger partial charge in [-0.1, -0.05) is 35.9 Å². The lowest BCUT2D eigenvalue weighted by molar-refractivity contribution is -0.122. The van der Waals surface area contributed by atoms with E-state index in [1.54, 1.807) is 0 Å². The molecule has 5 nitrogen and oxygen atoms in total. The van der Waals surface area contributed by atoms with E-state index >= 15 is 0 Å². The summed E-state index contributed by atoms with van der Waals surface area (Å²) >= 11 is 5.88. The number of anilines is 1. The summed E-state index contributed by atoms with van der Waals surface area (Å²) in [7, 11) is 0. The first-order valence-corrected chi connectivity index (χ1v) is 9.51. The molecular formula is C21H23ClN4O. The van der Waals surface area contributed by atoms with Crippen molar-refractivity contribution in [1.82, 2.24) is 10.2 Å². The van der Waals surface area contributed by atoms with Gasteiger partial charge in [0.15, 0.2) is 0 Å². The average molecular weight is 383 g/mol. The van der Waals surface area contributed by atoms with E-state index in [1.165, 1.54) is 0 Å². The highest BCUT2D eigenvalue weighted by Gasteiger charge is 2.18. The van der Waals surface area contributed by atoms with Gasteiger partial charge >= 0.3 is 0 Å². The lowest BCUT2D eigenvalue weighted by atomic mass is 10.1. The normalized spacial score (nSPS) is 15.0. The fraction of sp³-hybridized carbons (Fsp3) is 0.333. The zero-order valence-corrected chi connectivity index (χ0v) is 16.0. The number of hydrogen-bond donors (Lipinski definition) is 1. The molecule has 0 aromatic heterocycles. The number of benzene rings is 2. The predicted molar refractivity (Wildman–Crippen MR) is 108 cm³/mol. The van der Waals surface area contributed by atoms with E-state index in [4.69, 9.17) is 11.6 Å². The molecule has 1 aliphatic rings. The molecule has 0 aliphatic carbocycles. The van der Waals surface area contributed by atoms with E-state index in [2.05, 4.69) is 21.2 Å². The van der Waals surface area contributed by atoms with Gasteiger partial charge in [0.1, 0.15) is 6.07 Å². The monoisotopic (exact) mass is 382 g/mol. The van der Waals surface area contributed by atoms with Crippen molar-refractivity contribution < 1.29 is 4.79 Å². The Morgan fingerprint density at radius 2 is 1.85 bits per heavy atom. The lowest BCUT2D eigenvalue weighted by Gasteiger charge is -2.24. The number of carbonyl (C=O) groups excluding carboxylic acids is 1. The molecule has 1 aliphatic heterocycles. The van der Waals surface area contributed by atoms with Crippen LogP contribution >= 0.6 is 11.6 Å². The van der Waals surface area contributed by atoms with Gasteiger partial charge in [-0.05, 0) is 36.2 Å². The second kappa shape index (κ2) is 9.40. The van der Waals surface area contributed by atoms with E-state index in [0.29, 0.717) is 23.7 Å². The Hall–Kier alpha value is -2.55. The molecule has 0 bridgehead atoms.